The maximum absolute atomic E-state index is 10.7. The lowest BCUT2D eigenvalue weighted by atomic mass is 10.6. The monoisotopic (exact) mass is 216 g/mol. The lowest BCUT2D eigenvalue weighted by Crippen LogP contribution is -2.46. The van der Waals surface area contributed by atoms with Gasteiger partial charge in [0.15, 0.2) is 0 Å². The van der Waals surface area contributed by atoms with Gasteiger partial charge in [0.05, 0.1) is 0 Å². The lowest BCUT2D eigenvalue weighted by Gasteiger charge is -2.14. The largest absolute Gasteiger partial charge is 0.350 e. The number of hydrogen-bond acceptors (Lipinski definition) is 7. The molecule has 15 heavy (non-hydrogen) atoms. The van der Waals surface area contributed by atoms with Crippen LogP contribution < -0.4 is 33.2 Å². The molecule has 0 aromatic carbocycles. The van der Waals surface area contributed by atoms with Crippen molar-refractivity contribution in [2.24, 2.45) is 23.2 Å². The van der Waals surface area contributed by atoms with Crippen molar-refractivity contribution in [1.82, 2.24) is 10.3 Å². The van der Waals surface area contributed by atoms with Crippen LogP contribution in [-0.2, 0) is 0 Å². The summed E-state index contributed by atoms with van der Waals surface area (Å²) in [4.78, 5) is 21.4. The summed E-state index contributed by atoms with van der Waals surface area (Å²) in [5, 5.41) is 7.25. The van der Waals surface area contributed by atoms with Crippen molar-refractivity contribution in [2.75, 3.05) is 10.0 Å². The van der Waals surface area contributed by atoms with Gasteiger partial charge in [0.25, 0.3) is 0 Å². The zero-order valence-corrected chi connectivity index (χ0v) is 7.32. The summed E-state index contributed by atoms with van der Waals surface area (Å²) in [6.45, 7) is 0. The summed E-state index contributed by atoms with van der Waals surface area (Å²) in [5.74, 6) is 9.71. The van der Waals surface area contributed by atoms with Crippen LogP contribution in [0.4, 0.5) is 21.2 Å². The predicted octanol–water partition coefficient (Wildman–Crippen LogP) is -2.41. The SMILES string of the molecule is NC(=O)N(N)c1nonc1N(N)C(N)=O. The zero-order valence-electron chi connectivity index (χ0n) is 7.32. The Hall–Kier alpha value is -2.40. The smallest absolute Gasteiger partial charge is 0.335 e. The van der Waals surface area contributed by atoms with Crippen molar-refractivity contribution < 1.29 is 14.2 Å². The van der Waals surface area contributed by atoms with E-state index in [2.05, 4.69) is 14.9 Å². The van der Waals surface area contributed by atoms with E-state index >= 15 is 0 Å². The predicted molar refractivity (Wildman–Crippen MR) is 46.8 cm³/mol. The Labute approximate surface area is 82.4 Å². The first-order valence-corrected chi connectivity index (χ1v) is 3.46. The third-order valence-electron chi connectivity index (χ3n) is 1.39. The van der Waals surface area contributed by atoms with Crippen LogP contribution in [0.5, 0.6) is 0 Å². The number of hydrogen-bond donors (Lipinski definition) is 4. The van der Waals surface area contributed by atoms with Crippen LogP contribution >= 0.6 is 0 Å². The molecule has 0 radical (unpaired) electrons. The second-order valence-corrected chi connectivity index (χ2v) is 2.33. The quantitative estimate of drug-likeness (QED) is 0.241. The molecule has 0 aliphatic rings. The van der Waals surface area contributed by atoms with Crippen LogP contribution in [0.3, 0.4) is 0 Å². The standard InChI is InChI=1S/C4H8N8O3/c5-3(13)11(7)1-2(10-15-9-1)12(8)4(6)14/h7-8H2,(H2,5,13)(H2,6,14). The Morgan fingerprint density at radius 1 is 1.00 bits per heavy atom. The Balaban J connectivity index is 3.06. The average molecular weight is 216 g/mol. The molecule has 11 nitrogen and oxygen atoms in total. The summed E-state index contributed by atoms with van der Waals surface area (Å²) >= 11 is 0. The van der Waals surface area contributed by atoms with Gasteiger partial charge >= 0.3 is 12.1 Å². The van der Waals surface area contributed by atoms with Crippen molar-refractivity contribution in [2.45, 2.75) is 0 Å². The molecule has 11 heteroatoms. The second kappa shape index (κ2) is 3.77. The minimum atomic E-state index is -1.04. The highest BCUT2D eigenvalue weighted by Crippen LogP contribution is 2.20. The van der Waals surface area contributed by atoms with Gasteiger partial charge in [-0.3, -0.25) is 0 Å². The van der Waals surface area contributed by atoms with Gasteiger partial charge in [-0.25, -0.2) is 35.9 Å². The summed E-state index contributed by atoms with van der Waals surface area (Å²) in [6.07, 6.45) is 0. The van der Waals surface area contributed by atoms with Gasteiger partial charge in [-0.05, 0) is 10.3 Å². The molecule has 1 aromatic heterocycles. The molecule has 0 bridgehead atoms. The number of hydrazine groups is 2. The van der Waals surface area contributed by atoms with Gasteiger partial charge in [0.2, 0.25) is 11.6 Å². The maximum atomic E-state index is 10.7. The lowest BCUT2D eigenvalue weighted by molar-refractivity contribution is 0.252. The van der Waals surface area contributed by atoms with Crippen LogP contribution in [-0.4, -0.2) is 22.4 Å². The molecule has 1 rings (SSSR count). The van der Waals surface area contributed by atoms with E-state index in [4.69, 9.17) is 23.2 Å². The van der Waals surface area contributed by atoms with Crippen LogP contribution in [0.2, 0.25) is 0 Å². The van der Waals surface area contributed by atoms with Gasteiger partial charge in [-0.1, -0.05) is 0 Å². The molecule has 0 unspecified atom stereocenters. The minimum absolute atomic E-state index is 0.330. The van der Waals surface area contributed by atoms with E-state index in [1.165, 1.54) is 0 Å². The van der Waals surface area contributed by atoms with Crippen LogP contribution in [0.15, 0.2) is 4.63 Å². The third kappa shape index (κ3) is 1.92. The molecule has 0 aliphatic heterocycles. The number of carbonyl (C=O) groups is 2. The fourth-order valence-corrected chi connectivity index (χ4v) is 0.692. The molecule has 4 amide bonds. The molecular weight excluding hydrogens is 208 g/mol. The molecule has 0 saturated heterocycles. The fraction of sp³-hybridized carbons (Fsp3) is 0. The topological polar surface area (TPSA) is 184 Å². The minimum Gasteiger partial charge on any atom is -0.350 e. The zero-order chi connectivity index (χ0) is 11.6. The normalized spacial score (nSPS) is 9.73. The van der Waals surface area contributed by atoms with Crippen molar-refractivity contribution in [3.8, 4) is 0 Å². The highest BCUT2D eigenvalue weighted by Gasteiger charge is 2.24. The number of nitrogens with two attached hydrogens (primary N) is 4. The summed E-state index contributed by atoms with van der Waals surface area (Å²) in [6, 6.07) is -2.07. The second-order valence-electron chi connectivity index (χ2n) is 2.33. The fourth-order valence-electron chi connectivity index (χ4n) is 0.692. The van der Waals surface area contributed by atoms with E-state index < -0.39 is 12.1 Å². The van der Waals surface area contributed by atoms with E-state index in [1.54, 1.807) is 0 Å². The van der Waals surface area contributed by atoms with Crippen molar-refractivity contribution in [3.63, 3.8) is 0 Å². The molecule has 0 spiro atoms. The summed E-state index contributed by atoms with van der Waals surface area (Å²) < 4.78 is 4.23. The highest BCUT2D eigenvalue weighted by atomic mass is 16.6. The number of urea groups is 2. The Kier molecular flexibility index (Phi) is 2.68. The Morgan fingerprint density at radius 2 is 1.33 bits per heavy atom. The van der Waals surface area contributed by atoms with E-state index in [0.717, 1.165) is 0 Å². The number of primary amides is 2. The number of amides is 4. The van der Waals surface area contributed by atoms with E-state index in [0.29, 0.717) is 10.0 Å². The number of anilines is 2. The Morgan fingerprint density at radius 3 is 1.60 bits per heavy atom. The average Bonchev–Trinajstić information content (AvgIpc) is 2.63. The molecule has 0 saturated carbocycles. The van der Waals surface area contributed by atoms with E-state index in [9.17, 15) is 9.59 Å². The van der Waals surface area contributed by atoms with Gasteiger partial charge in [0.1, 0.15) is 0 Å². The number of carbonyl (C=O) groups excluding carboxylic acids is 2. The molecular formula is C4H8N8O3. The molecule has 0 atom stereocenters. The van der Waals surface area contributed by atoms with Crippen LogP contribution in [0.1, 0.15) is 0 Å². The van der Waals surface area contributed by atoms with E-state index in [-0.39, 0.29) is 11.6 Å². The molecule has 82 valence electrons. The first-order valence-electron chi connectivity index (χ1n) is 3.46. The van der Waals surface area contributed by atoms with E-state index in [1.807, 2.05) is 0 Å². The molecule has 1 aromatic rings. The summed E-state index contributed by atoms with van der Waals surface area (Å²) in [5.41, 5.74) is 9.70. The highest BCUT2D eigenvalue weighted by molar-refractivity contribution is 5.96. The number of aromatic nitrogens is 2. The van der Waals surface area contributed by atoms with Gasteiger partial charge in [-0.2, -0.15) is 0 Å². The van der Waals surface area contributed by atoms with Crippen molar-refractivity contribution in [1.29, 1.82) is 0 Å². The van der Waals surface area contributed by atoms with Gasteiger partial charge in [-0.15, -0.1) is 0 Å². The van der Waals surface area contributed by atoms with Gasteiger partial charge in [0, 0.05) is 0 Å². The van der Waals surface area contributed by atoms with Crippen LogP contribution in [0, 0.1) is 0 Å². The molecule has 0 fully saturated rings. The van der Waals surface area contributed by atoms with Crippen LogP contribution in [0.25, 0.3) is 0 Å². The van der Waals surface area contributed by atoms with Crippen molar-refractivity contribution >= 4 is 23.7 Å². The number of rotatable bonds is 2. The van der Waals surface area contributed by atoms with Gasteiger partial charge < -0.3 is 11.5 Å². The first kappa shape index (κ1) is 10.7. The Bertz CT molecular complexity index is 352. The first-order chi connectivity index (χ1) is 6.95. The third-order valence-corrected chi connectivity index (χ3v) is 1.39. The maximum Gasteiger partial charge on any atom is 0.335 e. The van der Waals surface area contributed by atoms with Crippen molar-refractivity contribution in [3.05, 3.63) is 0 Å². The molecule has 8 N–H and O–H groups in total. The summed E-state index contributed by atoms with van der Waals surface area (Å²) in [7, 11) is 0. The molecule has 1 heterocycles. The molecule has 0 aliphatic carbocycles. The number of nitrogens with zero attached hydrogens (tertiary/aromatic N) is 4.